The SMILES string of the molecule is CCC(C)C(=O)O[C@H]1CC(O)C=C2C=CC(C)C(CC[C@@H](O)C[C@@H](O)CC(=O)O)C21. The molecular formula is C23H36O7. The van der Waals surface area contributed by atoms with Crippen molar-refractivity contribution in [1.29, 1.82) is 0 Å². The molecule has 0 bridgehead atoms. The van der Waals surface area contributed by atoms with E-state index in [2.05, 4.69) is 13.0 Å². The van der Waals surface area contributed by atoms with Crippen molar-refractivity contribution in [3.05, 3.63) is 23.8 Å². The number of ether oxygens (including phenoxy) is 1. The molecule has 7 heteroatoms. The fourth-order valence-electron chi connectivity index (χ4n) is 4.52. The van der Waals surface area contributed by atoms with Crippen LogP contribution in [0.3, 0.4) is 0 Å². The van der Waals surface area contributed by atoms with E-state index in [1.807, 2.05) is 26.0 Å². The van der Waals surface area contributed by atoms with E-state index in [0.717, 1.165) is 5.57 Å². The minimum Gasteiger partial charge on any atom is -0.481 e. The average Bonchev–Trinajstić information content (AvgIpc) is 2.65. The monoisotopic (exact) mass is 424 g/mol. The maximum Gasteiger partial charge on any atom is 0.308 e. The number of hydrogen-bond donors (Lipinski definition) is 4. The molecule has 0 amide bonds. The van der Waals surface area contributed by atoms with Crippen molar-refractivity contribution >= 4 is 11.9 Å². The summed E-state index contributed by atoms with van der Waals surface area (Å²) in [4.78, 5) is 23.1. The minimum atomic E-state index is -1.10. The highest BCUT2D eigenvalue weighted by Gasteiger charge is 2.42. The molecule has 2 aliphatic carbocycles. The second-order valence-corrected chi connectivity index (χ2v) is 8.88. The second-order valence-electron chi connectivity index (χ2n) is 8.88. The van der Waals surface area contributed by atoms with Gasteiger partial charge in [0.15, 0.2) is 0 Å². The fourth-order valence-corrected chi connectivity index (χ4v) is 4.52. The molecule has 2 rings (SSSR count). The lowest BCUT2D eigenvalue weighted by molar-refractivity contribution is -0.159. The Balaban J connectivity index is 2.09. The van der Waals surface area contributed by atoms with E-state index in [-0.39, 0.29) is 42.5 Å². The van der Waals surface area contributed by atoms with Gasteiger partial charge in [0.25, 0.3) is 0 Å². The zero-order valence-corrected chi connectivity index (χ0v) is 18.1. The Bertz CT molecular complexity index is 656. The number of aliphatic hydroxyl groups is 3. The van der Waals surface area contributed by atoms with Gasteiger partial charge in [0.2, 0.25) is 0 Å². The summed E-state index contributed by atoms with van der Waals surface area (Å²) in [7, 11) is 0. The molecule has 0 saturated carbocycles. The second kappa shape index (κ2) is 11.1. The highest BCUT2D eigenvalue weighted by atomic mass is 16.5. The summed E-state index contributed by atoms with van der Waals surface area (Å²) in [5, 5.41) is 39.1. The molecule has 0 radical (unpaired) electrons. The first-order valence-electron chi connectivity index (χ1n) is 11.0. The molecule has 0 heterocycles. The number of fused-ring (bicyclic) bond motifs is 1. The Kier molecular flexibility index (Phi) is 9.07. The molecule has 0 aliphatic heterocycles. The van der Waals surface area contributed by atoms with Gasteiger partial charge in [-0.1, -0.05) is 39.0 Å². The van der Waals surface area contributed by atoms with Crippen molar-refractivity contribution in [3.63, 3.8) is 0 Å². The lowest BCUT2D eigenvalue weighted by Gasteiger charge is -2.43. The molecule has 2 aliphatic rings. The van der Waals surface area contributed by atoms with E-state index in [0.29, 0.717) is 25.7 Å². The number of carbonyl (C=O) groups is 2. The molecular weight excluding hydrogens is 388 g/mol. The van der Waals surface area contributed by atoms with Crippen LogP contribution in [0.4, 0.5) is 0 Å². The number of hydrogen-bond acceptors (Lipinski definition) is 6. The van der Waals surface area contributed by atoms with E-state index in [1.54, 1.807) is 0 Å². The van der Waals surface area contributed by atoms with Crippen LogP contribution in [0.1, 0.15) is 59.3 Å². The van der Waals surface area contributed by atoms with Gasteiger partial charge in [-0.2, -0.15) is 0 Å². The number of esters is 1. The van der Waals surface area contributed by atoms with Gasteiger partial charge in [-0.3, -0.25) is 9.59 Å². The highest BCUT2D eigenvalue weighted by molar-refractivity contribution is 5.72. The van der Waals surface area contributed by atoms with Crippen molar-refractivity contribution in [2.75, 3.05) is 0 Å². The Hall–Kier alpha value is -1.70. The number of aliphatic carboxylic acids is 1. The summed E-state index contributed by atoms with van der Waals surface area (Å²) in [6.45, 7) is 5.85. The van der Waals surface area contributed by atoms with Crippen LogP contribution in [0.15, 0.2) is 23.8 Å². The molecule has 5 unspecified atom stereocenters. The molecule has 0 aromatic heterocycles. The van der Waals surface area contributed by atoms with E-state index in [4.69, 9.17) is 9.84 Å². The van der Waals surface area contributed by atoms with E-state index in [1.165, 1.54) is 0 Å². The maximum absolute atomic E-state index is 12.4. The quantitative estimate of drug-likeness (QED) is 0.397. The zero-order valence-electron chi connectivity index (χ0n) is 18.1. The van der Waals surface area contributed by atoms with Gasteiger partial charge in [-0.05, 0) is 43.1 Å². The molecule has 8 atom stereocenters. The summed E-state index contributed by atoms with van der Waals surface area (Å²) in [5.74, 6) is -1.31. The van der Waals surface area contributed by atoms with Crippen LogP contribution in [0, 0.1) is 23.7 Å². The number of carbonyl (C=O) groups excluding carboxylic acids is 1. The van der Waals surface area contributed by atoms with Gasteiger partial charge in [0.05, 0.1) is 30.7 Å². The normalized spacial score (nSPS) is 31.3. The first-order chi connectivity index (χ1) is 14.1. The first kappa shape index (κ1) is 24.6. The third-order valence-electron chi connectivity index (χ3n) is 6.44. The first-order valence-corrected chi connectivity index (χ1v) is 11.0. The topological polar surface area (TPSA) is 124 Å². The molecule has 4 N–H and O–H groups in total. The van der Waals surface area contributed by atoms with E-state index in [9.17, 15) is 24.9 Å². The predicted octanol–water partition coefficient (Wildman–Crippen LogP) is 2.44. The fraction of sp³-hybridized carbons (Fsp3) is 0.739. The van der Waals surface area contributed by atoms with Crippen LogP contribution < -0.4 is 0 Å². The van der Waals surface area contributed by atoms with Crippen LogP contribution in [0.25, 0.3) is 0 Å². The van der Waals surface area contributed by atoms with Crippen LogP contribution >= 0.6 is 0 Å². The molecule has 0 saturated heterocycles. The Morgan fingerprint density at radius 3 is 2.60 bits per heavy atom. The smallest absolute Gasteiger partial charge is 0.308 e. The average molecular weight is 425 g/mol. The molecule has 170 valence electrons. The summed E-state index contributed by atoms with van der Waals surface area (Å²) >= 11 is 0. The molecule has 0 aromatic rings. The Labute approximate surface area is 178 Å². The van der Waals surface area contributed by atoms with Crippen molar-refractivity contribution < 1.29 is 34.8 Å². The highest BCUT2D eigenvalue weighted by Crippen LogP contribution is 2.44. The van der Waals surface area contributed by atoms with Crippen molar-refractivity contribution in [2.45, 2.75) is 83.7 Å². The standard InChI is InChI=1S/C23H36O7/c1-4-13(2)23(29)30-20-11-17(25)9-15-6-5-14(3)19(22(15)20)8-7-16(24)10-18(26)12-21(27)28/h5-6,9,13-14,16-20,22,24-26H,4,7-8,10-12H2,1-3H3,(H,27,28)/t13?,14?,16-,17?,18-,19?,20+,22?/m1/s1. The lowest BCUT2D eigenvalue weighted by atomic mass is 9.66. The van der Waals surface area contributed by atoms with Gasteiger partial charge in [0.1, 0.15) is 6.10 Å². The van der Waals surface area contributed by atoms with Gasteiger partial charge in [0, 0.05) is 12.3 Å². The van der Waals surface area contributed by atoms with Crippen LogP contribution in [0.5, 0.6) is 0 Å². The van der Waals surface area contributed by atoms with Crippen LogP contribution in [-0.2, 0) is 14.3 Å². The van der Waals surface area contributed by atoms with Crippen molar-refractivity contribution in [2.24, 2.45) is 23.7 Å². The van der Waals surface area contributed by atoms with Gasteiger partial charge >= 0.3 is 11.9 Å². The Morgan fingerprint density at radius 1 is 1.27 bits per heavy atom. The van der Waals surface area contributed by atoms with Gasteiger partial charge < -0.3 is 25.2 Å². The largest absolute Gasteiger partial charge is 0.481 e. The van der Waals surface area contributed by atoms with Crippen molar-refractivity contribution in [3.8, 4) is 0 Å². The number of rotatable bonds is 10. The Morgan fingerprint density at radius 2 is 1.97 bits per heavy atom. The number of aliphatic hydroxyl groups excluding tert-OH is 3. The molecule has 7 nitrogen and oxygen atoms in total. The zero-order chi connectivity index (χ0) is 22.4. The number of carboxylic acids is 1. The van der Waals surface area contributed by atoms with Crippen LogP contribution in [-0.4, -0.2) is 56.8 Å². The third-order valence-corrected chi connectivity index (χ3v) is 6.44. The predicted molar refractivity (Wildman–Crippen MR) is 111 cm³/mol. The summed E-state index contributed by atoms with van der Waals surface area (Å²) in [6, 6.07) is 0. The third kappa shape index (κ3) is 6.65. The molecule has 30 heavy (non-hydrogen) atoms. The number of carboxylic acid groups (broad SMARTS) is 1. The molecule has 0 aromatic carbocycles. The van der Waals surface area contributed by atoms with E-state index >= 15 is 0 Å². The van der Waals surface area contributed by atoms with Crippen molar-refractivity contribution in [1.82, 2.24) is 0 Å². The minimum absolute atomic E-state index is 0.0156. The van der Waals surface area contributed by atoms with Gasteiger partial charge in [-0.25, -0.2) is 0 Å². The lowest BCUT2D eigenvalue weighted by Crippen LogP contribution is -2.43. The summed E-state index contributed by atoms with van der Waals surface area (Å²) < 4.78 is 5.84. The summed E-state index contributed by atoms with van der Waals surface area (Å²) in [6.07, 6.45) is 4.64. The molecule has 0 spiro atoms. The number of allylic oxidation sites excluding steroid dienone is 2. The summed E-state index contributed by atoms with van der Waals surface area (Å²) in [5.41, 5.74) is 0.958. The van der Waals surface area contributed by atoms with Gasteiger partial charge in [-0.15, -0.1) is 0 Å². The van der Waals surface area contributed by atoms with E-state index < -0.39 is 30.4 Å². The maximum atomic E-state index is 12.4. The van der Waals surface area contributed by atoms with Crippen LogP contribution in [0.2, 0.25) is 0 Å². The molecule has 0 fully saturated rings.